The van der Waals surface area contributed by atoms with Crippen LogP contribution >= 0.6 is 0 Å². The number of carbonyl (C=O) groups is 2. The number of nitrogens with zero attached hydrogens (tertiary/aromatic N) is 2. The molecule has 7 nitrogen and oxygen atoms in total. The zero-order valence-electron chi connectivity index (χ0n) is 12.7. The highest BCUT2D eigenvalue weighted by atomic mass is 16.2. The first kappa shape index (κ1) is 15.4. The third kappa shape index (κ3) is 3.83. The molecule has 120 valence electrons. The molecule has 0 spiro atoms. The summed E-state index contributed by atoms with van der Waals surface area (Å²) >= 11 is 0. The number of urea groups is 1. The first-order valence-corrected chi connectivity index (χ1v) is 7.31. The molecule has 3 amide bonds. The fourth-order valence-corrected chi connectivity index (χ4v) is 2.17. The zero-order valence-corrected chi connectivity index (χ0v) is 12.7. The highest BCUT2D eigenvalue weighted by molar-refractivity contribution is 6.02. The van der Waals surface area contributed by atoms with Gasteiger partial charge in [-0.25, -0.2) is 4.79 Å². The number of fused-ring (bicyclic) bond motifs is 1. The van der Waals surface area contributed by atoms with E-state index in [1.54, 1.807) is 30.6 Å². The van der Waals surface area contributed by atoms with Crippen molar-refractivity contribution in [3.05, 3.63) is 61.1 Å². The lowest BCUT2D eigenvalue weighted by Crippen LogP contribution is -2.35. The van der Waals surface area contributed by atoms with Crippen LogP contribution in [0.1, 0.15) is 0 Å². The van der Waals surface area contributed by atoms with E-state index < -0.39 is 6.03 Å². The molecule has 3 rings (SSSR count). The standard InChI is InChI=1S/C17H15N5O2/c23-15(11-20-17(24)21-13-6-3-8-18-10-13)22-14-7-1-4-12-5-2-9-19-16(12)14/h1-10H,11H2,(H,22,23)(H2,20,21,24). The quantitative estimate of drug-likeness (QED) is 0.687. The lowest BCUT2D eigenvalue weighted by molar-refractivity contribution is -0.115. The Labute approximate surface area is 138 Å². The molecule has 0 saturated carbocycles. The summed E-state index contributed by atoms with van der Waals surface area (Å²) in [5, 5.41) is 8.75. The van der Waals surface area contributed by atoms with Crippen LogP contribution in [0, 0.1) is 0 Å². The Morgan fingerprint density at radius 2 is 1.79 bits per heavy atom. The van der Waals surface area contributed by atoms with E-state index in [0.29, 0.717) is 16.9 Å². The van der Waals surface area contributed by atoms with Crippen molar-refractivity contribution in [2.24, 2.45) is 0 Å². The van der Waals surface area contributed by atoms with Gasteiger partial charge in [0.1, 0.15) is 0 Å². The van der Waals surface area contributed by atoms with Crippen molar-refractivity contribution in [1.82, 2.24) is 15.3 Å². The summed E-state index contributed by atoms with van der Waals surface area (Å²) in [5.74, 6) is -0.338. The number of aromatic nitrogens is 2. The van der Waals surface area contributed by atoms with E-state index in [-0.39, 0.29) is 12.5 Å². The van der Waals surface area contributed by atoms with Crippen molar-refractivity contribution >= 4 is 34.2 Å². The highest BCUT2D eigenvalue weighted by Crippen LogP contribution is 2.20. The van der Waals surface area contributed by atoms with Crippen LogP contribution in [0.15, 0.2) is 61.1 Å². The number of benzene rings is 1. The Morgan fingerprint density at radius 1 is 0.958 bits per heavy atom. The van der Waals surface area contributed by atoms with Crippen molar-refractivity contribution in [2.45, 2.75) is 0 Å². The van der Waals surface area contributed by atoms with Crippen LogP contribution in [0.4, 0.5) is 16.2 Å². The van der Waals surface area contributed by atoms with E-state index in [4.69, 9.17) is 0 Å². The number of hydrogen-bond donors (Lipinski definition) is 3. The third-order valence-electron chi connectivity index (χ3n) is 3.24. The maximum atomic E-state index is 12.0. The van der Waals surface area contributed by atoms with Crippen LogP contribution in [0.25, 0.3) is 10.9 Å². The lowest BCUT2D eigenvalue weighted by atomic mass is 10.2. The minimum absolute atomic E-state index is 0.157. The number of rotatable bonds is 4. The summed E-state index contributed by atoms with van der Waals surface area (Å²) in [4.78, 5) is 31.9. The van der Waals surface area contributed by atoms with Gasteiger partial charge in [0, 0.05) is 17.8 Å². The Kier molecular flexibility index (Phi) is 4.62. The second-order valence-electron chi connectivity index (χ2n) is 4.98. The predicted octanol–water partition coefficient (Wildman–Crippen LogP) is 2.39. The van der Waals surface area contributed by atoms with Crippen LogP contribution in [-0.2, 0) is 4.79 Å². The Balaban J connectivity index is 1.56. The molecule has 0 aliphatic carbocycles. The molecule has 0 unspecified atom stereocenters. The normalized spacial score (nSPS) is 10.2. The Hall–Kier alpha value is -3.48. The van der Waals surface area contributed by atoms with Gasteiger partial charge in [0.2, 0.25) is 5.91 Å². The lowest BCUT2D eigenvalue weighted by Gasteiger charge is -2.09. The largest absolute Gasteiger partial charge is 0.329 e. The summed E-state index contributed by atoms with van der Waals surface area (Å²) in [5.41, 5.74) is 1.86. The first-order chi connectivity index (χ1) is 11.7. The monoisotopic (exact) mass is 321 g/mol. The van der Waals surface area contributed by atoms with E-state index in [1.807, 2.05) is 24.3 Å². The van der Waals surface area contributed by atoms with E-state index in [9.17, 15) is 9.59 Å². The van der Waals surface area contributed by atoms with Crippen molar-refractivity contribution < 1.29 is 9.59 Å². The minimum atomic E-state index is -0.478. The molecule has 2 aromatic heterocycles. The maximum absolute atomic E-state index is 12.0. The number of carbonyl (C=O) groups excluding carboxylic acids is 2. The number of para-hydroxylation sites is 1. The van der Waals surface area contributed by atoms with E-state index in [1.165, 1.54) is 6.20 Å². The van der Waals surface area contributed by atoms with Crippen molar-refractivity contribution in [2.75, 3.05) is 17.2 Å². The van der Waals surface area contributed by atoms with Crippen molar-refractivity contribution in [3.63, 3.8) is 0 Å². The van der Waals surface area contributed by atoms with E-state index in [0.717, 1.165) is 5.39 Å². The molecule has 7 heteroatoms. The molecule has 0 aliphatic rings. The maximum Gasteiger partial charge on any atom is 0.319 e. The topological polar surface area (TPSA) is 96.0 Å². The molecular weight excluding hydrogens is 306 g/mol. The van der Waals surface area contributed by atoms with Crippen molar-refractivity contribution in [1.29, 1.82) is 0 Å². The molecular formula is C17H15N5O2. The molecule has 0 aliphatic heterocycles. The van der Waals surface area contributed by atoms with Crippen LogP contribution in [-0.4, -0.2) is 28.5 Å². The summed E-state index contributed by atoms with van der Waals surface area (Å²) < 4.78 is 0. The summed E-state index contributed by atoms with van der Waals surface area (Å²) in [6.07, 6.45) is 4.79. The van der Waals surface area contributed by atoms with Crippen LogP contribution in [0.5, 0.6) is 0 Å². The molecule has 0 fully saturated rings. The fourth-order valence-electron chi connectivity index (χ4n) is 2.17. The van der Waals surface area contributed by atoms with E-state index >= 15 is 0 Å². The van der Waals surface area contributed by atoms with Gasteiger partial charge in [0.25, 0.3) is 0 Å². The first-order valence-electron chi connectivity index (χ1n) is 7.31. The van der Waals surface area contributed by atoms with E-state index in [2.05, 4.69) is 25.9 Å². The predicted molar refractivity (Wildman–Crippen MR) is 91.6 cm³/mol. The molecule has 3 aromatic rings. The molecule has 0 bridgehead atoms. The van der Waals surface area contributed by atoms with Gasteiger partial charge in [-0.2, -0.15) is 0 Å². The fraction of sp³-hybridized carbons (Fsp3) is 0.0588. The number of hydrogen-bond acceptors (Lipinski definition) is 4. The van der Waals surface area contributed by atoms with Gasteiger partial charge < -0.3 is 16.0 Å². The van der Waals surface area contributed by atoms with Crippen LogP contribution in [0.3, 0.4) is 0 Å². The molecule has 3 N–H and O–H groups in total. The SMILES string of the molecule is O=C(CNC(=O)Nc1cccnc1)Nc1cccc2cccnc12. The number of anilines is 2. The Bertz CT molecular complexity index is 862. The molecule has 0 saturated heterocycles. The van der Waals surface area contributed by atoms with Gasteiger partial charge >= 0.3 is 6.03 Å². The van der Waals surface area contributed by atoms with Gasteiger partial charge in [-0.1, -0.05) is 18.2 Å². The third-order valence-corrected chi connectivity index (χ3v) is 3.24. The van der Waals surface area contributed by atoms with Gasteiger partial charge in [-0.05, 0) is 24.3 Å². The number of nitrogens with one attached hydrogen (secondary N) is 3. The van der Waals surface area contributed by atoms with Gasteiger partial charge in [-0.15, -0.1) is 0 Å². The Morgan fingerprint density at radius 3 is 2.62 bits per heavy atom. The number of amides is 3. The second kappa shape index (κ2) is 7.19. The molecule has 2 heterocycles. The molecule has 0 atom stereocenters. The van der Waals surface area contributed by atoms with Crippen LogP contribution < -0.4 is 16.0 Å². The zero-order chi connectivity index (χ0) is 16.8. The minimum Gasteiger partial charge on any atom is -0.329 e. The van der Waals surface area contributed by atoms with Crippen molar-refractivity contribution in [3.8, 4) is 0 Å². The summed E-state index contributed by atoms with van der Waals surface area (Å²) in [6, 6.07) is 12.2. The summed E-state index contributed by atoms with van der Waals surface area (Å²) in [6.45, 7) is -0.157. The van der Waals surface area contributed by atoms with Gasteiger partial charge in [0.05, 0.1) is 29.6 Å². The average Bonchev–Trinajstić information content (AvgIpc) is 2.61. The number of pyridine rings is 2. The highest BCUT2D eigenvalue weighted by Gasteiger charge is 2.08. The average molecular weight is 321 g/mol. The van der Waals surface area contributed by atoms with Gasteiger partial charge in [-0.3, -0.25) is 14.8 Å². The summed E-state index contributed by atoms with van der Waals surface area (Å²) in [7, 11) is 0. The smallest absolute Gasteiger partial charge is 0.319 e. The molecule has 1 aromatic carbocycles. The van der Waals surface area contributed by atoms with Gasteiger partial charge in [0.15, 0.2) is 0 Å². The molecule has 24 heavy (non-hydrogen) atoms. The second-order valence-corrected chi connectivity index (χ2v) is 4.98. The van der Waals surface area contributed by atoms with Crippen LogP contribution in [0.2, 0.25) is 0 Å². The molecule has 0 radical (unpaired) electrons.